The van der Waals surface area contributed by atoms with Crippen molar-refractivity contribution in [1.29, 1.82) is 0 Å². The van der Waals surface area contributed by atoms with Crippen LogP contribution >= 0.6 is 27.6 Å². The van der Waals surface area contributed by atoms with Gasteiger partial charge in [0.05, 0.1) is 14.2 Å². The Kier molecular flexibility index (Phi) is 19.1. The van der Waals surface area contributed by atoms with Crippen molar-refractivity contribution in [3.05, 3.63) is 90.0 Å². The number of para-hydroxylation sites is 2. The molecule has 1 atom stereocenters. The maximum absolute atomic E-state index is 5.74. The minimum Gasteiger partial charge on any atom is -0.496 e. The molecule has 3 rings (SSSR count). The molecule has 236 valence electrons. The van der Waals surface area contributed by atoms with Crippen molar-refractivity contribution >= 4 is 32.9 Å². The molecular weight excluding hydrogens is 658 g/mol. The first-order valence-corrected chi connectivity index (χ1v) is 21.3. The maximum Gasteiger partial charge on any atom is 0.122 e. The summed E-state index contributed by atoms with van der Waals surface area (Å²) in [6.07, 6.45) is 24.8. The number of halogens is 1. The third-order valence-electron chi connectivity index (χ3n) is 8.66. The lowest BCUT2D eigenvalue weighted by Gasteiger charge is -2.22. The number of unbranched alkanes of at least 4 members (excludes halogenated alkanes) is 15. The molecule has 3 aromatic rings. The van der Waals surface area contributed by atoms with Crippen molar-refractivity contribution in [2.24, 2.45) is 0 Å². The van der Waals surface area contributed by atoms with E-state index in [2.05, 4.69) is 101 Å². The Hall–Kier alpha value is -1.58. The second kappa shape index (κ2) is 22.9. The highest BCUT2D eigenvalue weighted by Crippen LogP contribution is 2.44. The number of ether oxygens (including phenoxy) is 2. The molecule has 1 unspecified atom stereocenters. The van der Waals surface area contributed by atoms with Gasteiger partial charge in [0.1, 0.15) is 11.5 Å². The SMILES string of the molecule is COc1ccccc1C(CCCCCCCCCCCCCCCCCCP(I)c1ccccc1)c1ccccc1OC. The molecule has 0 fully saturated rings. The van der Waals surface area contributed by atoms with Crippen LogP contribution in [0.15, 0.2) is 78.9 Å². The van der Waals surface area contributed by atoms with Gasteiger partial charge in [0.25, 0.3) is 0 Å². The van der Waals surface area contributed by atoms with Gasteiger partial charge in [0.15, 0.2) is 0 Å². The van der Waals surface area contributed by atoms with Gasteiger partial charge in [-0.05, 0) is 64.0 Å². The van der Waals surface area contributed by atoms with E-state index in [1.54, 1.807) is 19.5 Å². The van der Waals surface area contributed by atoms with Crippen molar-refractivity contribution < 1.29 is 9.47 Å². The molecule has 0 heterocycles. The molecule has 0 aliphatic carbocycles. The summed E-state index contributed by atoms with van der Waals surface area (Å²) < 4.78 is 11.5. The van der Waals surface area contributed by atoms with Gasteiger partial charge >= 0.3 is 0 Å². The molecule has 0 N–H and O–H groups in total. The van der Waals surface area contributed by atoms with Gasteiger partial charge in [-0.15, -0.1) is 0 Å². The predicted molar refractivity (Wildman–Crippen MR) is 198 cm³/mol. The van der Waals surface area contributed by atoms with E-state index < -0.39 is 0 Å². The van der Waals surface area contributed by atoms with Gasteiger partial charge < -0.3 is 9.47 Å². The molecule has 3 aromatic carbocycles. The molecule has 0 saturated carbocycles. The van der Waals surface area contributed by atoms with Crippen LogP contribution in [0, 0.1) is 0 Å². The summed E-state index contributed by atoms with van der Waals surface area (Å²) in [6.45, 7) is 0. The Morgan fingerprint density at radius 1 is 0.488 bits per heavy atom. The van der Waals surface area contributed by atoms with Crippen molar-refractivity contribution in [1.82, 2.24) is 0 Å². The van der Waals surface area contributed by atoms with E-state index in [9.17, 15) is 0 Å². The standard InChI is InChI=1S/C39H56IO2P/c1-41-38-31-23-21-29-36(38)35(37-30-22-24-32-39(37)42-2)28-20-15-13-11-9-7-5-3-4-6-8-10-12-14-16-25-33-43(40)34-26-18-17-19-27-34/h17-19,21-24,26-27,29-32,35H,3-16,20,25,28,33H2,1-2H3. The third kappa shape index (κ3) is 13.9. The van der Waals surface area contributed by atoms with Gasteiger partial charge in [-0.3, -0.25) is 0 Å². The highest BCUT2D eigenvalue weighted by molar-refractivity contribution is 14.2. The lowest BCUT2D eigenvalue weighted by molar-refractivity contribution is 0.396. The van der Waals surface area contributed by atoms with E-state index in [1.807, 2.05) is 0 Å². The molecule has 2 nitrogen and oxygen atoms in total. The Morgan fingerprint density at radius 3 is 1.30 bits per heavy atom. The second-order valence-corrected chi connectivity index (χ2v) is 17.1. The van der Waals surface area contributed by atoms with Crippen LogP contribution in [0.5, 0.6) is 11.5 Å². The largest absolute Gasteiger partial charge is 0.496 e. The predicted octanol–water partition coefficient (Wildman–Crippen LogP) is 12.6. The molecule has 0 amide bonds. The zero-order valence-electron chi connectivity index (χ0n) is 27.0. The maximum atomic E-state index is 5.74. The lowest BCUT2D eigenvalue weighted by atomic mass is 9.85. The van der Waals surface area contributed by atoms with Crippen molar-refractivity contribution in [3.8, 4) is 11.5 Å². The topological polar surface area (TPSA) is 18.5 Å². The van der Waals surface area contributed by atoms with E-state index in [1.165, 1.54) is 120 Å². The van der Waals surface area contributed by atoms with E-state index in [-0.39, 0.29) is 5.56 Å². The normalized spacial score (nSPS) is 12.0. The Bertz CT molecular complexity index is 1060. The molecule has 0 spiro atoms. The molecule has 0 bridgehead atoms. The van der Waals surface area contributed by atoms with Crippen LogP contribution in [-0.4, -0.2) is 20.4 Å². The quantitative estimate of drug-likeness (QED) is 0.0522. The van der Waals surface area contributed by atoms with Crippen LogP contribution in [-0.2, 0) is 0 Å². The smallest absolute Gasteiger partial charge is 0.122 e. The van der Waals surface area contributed by atoms with Crippen molar-refractivity contribution in [2.75, 3.05) is 20.4 Å². The minimum atomic E-state index is 0.0208. The van der Waals surface area contributed by atoms with E-state index in [0.717, 1.165) is 17.9 Å². The first-order chi connectivity index (χ1) is 21.2. The number of hydrogen-bond donors (Lipinski definition) is 0. The first kappa shape index (κ1) is 35.9. The van der Waals surface area contributed by atoms with Crippen molar-refractivity contribution in [2.45, 2.75) is 115 Å². The molecule has 4 heteroatoms. The number of benzene rings is 3. The Labute approximate surface area is 278 Å². The highest BCUT2D eigenvalue weighted by atomic mass is 127. The van der Waals surface area contributed by atoms with E-state index in [4.69, 9.17) is 9.47 Å². The van der Waals surface area contributed by atoms with Crippen LogP contribution in [0.3, 0.4) is 0 Å². The van der Waals surface area contributed by atoms with Crippen LogP contribution in [0.4, 0.5) is 0 Å². The Balaban J connectivity index is 1.16. The fourth-order valence-electron chi connectivity index (χ4n) is 6.18. The molecule has 0 radical (unpaired) electrons. The number of rotatable bonds is 24. The molecule has 0 saturated heterocycles. The summed E-state index contributed by atoms with van der Waals surface area (Å²) in [4.78, 5) is 0. The van der Waals surface area contributed by atoms with E-state index >= 15 is 0 Å². The summed E-state index contributed by atoms with van der Waals surface area (Å²) >= 11 is 2.68. The number of methoxy groups -OCH3 is 2. The average Bonchev–Trinajstić information content (AvgIpc) is 3.06. The molecular formula is C39H56IO2P. The summed E-state index contributed by atoms with van der Waals surface area (Å²) in [7, 11) is 3.55. The second-order valence-electron chi connectivity index (χ2n) is 11.9. The van der Waals surface area contributed by atoms with Gasteiger partial charge in [-0.25, -0.2) is 0 Å². The van der Waals surface area contributed by atoms with Gasteiger partial charge in [0, 0.05) is 17.0 Å². The van der Waals surface area contributed by atoms with Crippen LogP contribution in [0.25, 0.3) is 0 Å². The zero-order valence-corrected chi connectivity index (χ0v) is 30.0. The summed E-state index contributed by atoms with van der Waals surface area (Å²) in [5.74, 6) is 2.23. The average molecular weight is 715 g/mol. The number of hydrogen-bond acceptors (Lipinski definition) is 2. The summed E-state index contributed by atoms with van der Waals surface area (Å²) in [5.41, 5.74) is 2.55. The van der Waals surface area contributed by atoms with Crippen LogP contribution in [0.1, 0.15) is 126 Å². The lowest BCUT2D eigenvalue weighted by Crippen LogP contribution is -2.06. The summed E-state index contributed by atoms with van der Waals surface area (Å²) in [6, 6.07) is 28.0. The first-order valence-electron chi connectivity index (χ1n) is 17.0. The molecule has 0 aliphatic heterocycles. The Morgan fingerprint density at radius 2 is 0.860 bits per heavy atom. The van der Waals surface area contributed by atoms with Gasteiger partial charge in [-0.2, -0.15) is 0 Å². The highest BCUT2D eigenvalue weighted by Gasteiger charge is 2.21. The fourth-order valence-corrected chi connectivity index (χ4v) is 9.42. The monoisotopic (exact) mass is 714 g/mol. The van der Waals surface area contributed by atoms with Gasteiger partial charge in [0.2, 0.25) is 0 Å². The van der Waals surface area contributed by atoms with E-state index in [0.29, 0.717) is 5.92 Å². The third-order valence-corrected chi connectivity index (χ3v) is 13.3. The molecule has 0 aliphatic rings. The van der Waals surface area contributed by atoms with Crippen molar-refractivity contribution in [3.63, 3.8) is 0 Å². The van der Waals surface area contributed by atoms with Crippen LogP contribution in [0.2, 0.25) is 0 Å². The molecule has 43 heavy (non-hydrogen) atoms. The zero-order chi connectivity index (χ0) is 30.4. The van der Waals surface area contributed by atoms with Crippen LogP contribution < -0.4 is 14.8 Å². The molecule has 0 aromatic heterocycles. The summed E-state index contributed by atoms with van der Waals surface area (Å²) in [5, 5.41) is 1.55. The van der Waals surface area contributed by atoms with Gasteiger partial charge in [-0.1, -0.05) is 163 Å². The fraction of sp³-hybridized carbons (Fsp3) is 0.538. The minimum absolute atomic E-state index is 0.0208.